The third kappa shape index (κ3) is 5.10. The highest BCUT2D eigenvalue weighted by molar-refractivity contribution is 6.07. The number of aliphatic hydroxyl groups excluding tert-OH is 2. The van der Waals surface area contributed by atoms with Crippen LogP contribution in [0.25, 0.3) is 77.2 Å². The molecule has 0 saturated heterocycles. The molecule has 1 aliphatic carbocycles. The highest BCUT2D eigenvalue weighted by Gasteiger charge is 2.43. The van der Waals surface area contributed by atoms with E-state index in [0.29, 0.717) is 12.8 Å². The van der Waals surface area contributed by atoms with Crippen molar-refractivity contribution in [1.29, 1.82) is 0 Å². The van der Waals surface area contributed by atoms with Crippen LogP contribution in [0.5, 0.6) is 0 Å². The number of aliphatic hydroxyl groups is 2. The Balaban J connectivity index is 1.20. The van der Waals surface area contributed by atoms with Crippen molar-refractivity contribution in [3.8, 4) is 55.6 Å². The predicted molar refractivity (Wildman–Crippen MR) is 213 cm³/mol. The van der Waals surface area contributed by atoms with Gasteiger partial charge in [0.05, 0.1) is 0 Å². The number of hydrogen-bond acceptors (Lipinski definition) is 2. The Labute approximate surface area is 298 Å². The first-order valence-corrected chi connectivity index (χ1v) is 17.9. The molecule has 0 bridgehead atoms. The first-order chi connectivity index (χ1) is 25.2. The molecule has 0 fully saturated rings. The van der Waals surface area contributed by atoms with Gasteiger partial charge in [0.15, 0.2) is 0 Å². The molecule has 0 spiro atoms. The molecule has 0 radical (unpaired) electrons. The molecule has 246 valence electrons. The summed E-state index contributed by atoms with van der Waals surface area (Å²) in [5.41, 5.74) is 13.7. The molecule has 2 nitrogen and oxygen atoms in total. The van der Waals surface area contributed by atoms with Crippen LogP contribution < -0.4 is 0 Å². The van der Waals surface area contributed by atoms with E-state index in [1.807, 2.05) is 0 Å². The summed E-state index contributed by atoms with van der Waals surface area (Å²) in [5, 5.41) is 26.1. The van der Waals surface area contributed by atoms with E-state index in [9.17, 15) is 10.2 Å². The Morgan fingerprint density at radius 2 is 0.627 bits per heavy atom. The Hall–Kier alpha value is -5.80. The van der Waals surface area contributed by atoms with Crippen molar-refractivity contribution in [2.45, 2.75) is 18.3 Å². The van der Waals surface area contributed by atoms with Crippen LogP contribution in [0.15, 0.2) is 170 Å². The van der Waals surface area contributed by atoms with Crippen molar-refractivity contribution < 1.29 is 10.2 Å². The summed E-state index contributed by atoms with van der Waals surface area (Å²) >= 11 is 0. The monoisotopic (exact) mass is 658 g/mol. The number of fused-ring (bicyclic) bond motifs is 5. The van der Waals surface area contributed by atoms with Crippen LogP contribution in [0.1, 0.15) is 24.0 Å². The van der Waals surface area contributed by atoms with Crippen LogP contribution in [-0.4, -0.2) is 23.4 Å². The minimum atomic E-state index is -0.528. The van der Waals surface area contributed by atoms with E-state index in [0.717, 1.165) is 11.1 Å². The highest BCUT2D eigenvalue weighted by Crippen LogP contribution is 2.55. The Morgan fingerprint density at radius 1 is 0.314 bits per heavy atom. The molecule has 2 N–H and O–H groups in total. The molecule has 0 saturated carbocycles. The van der Waals surface area contributed by atoms with Crippen molar-refractivity contribution in [2.24, 2.45) is 0 Å². The maximum Gasteiger partial charge on any atom is 0.0442 e. The summed E-state index contributed by atoms with van der Waals surface area (Å²) in [7, 11) is 0. The van der Waals surface area contributed by atoms with Crippen LogP contribution in [0.4, 0.5) is 0 Å². The van der Waals surface area contributed by atoms with Crippen molar-refractivity contribution >= 4 is 21.5 Å². The second-order valence-electron chi connectivity index (χ2n) is 13.7. The first-order valence-electron chi connectivity index (χ1n) is 17.9. The van der Waals surface area contributed by atoms with Gasteiger partial charge in [-0.2, -0.15) is 0 Å². The Kier molecular flexibility index (Phi) is 7.85. The average Bonchev–Trinajstić information content (AvgIpc) is 3.45. The lowest BCUT2D eigenvalue weighted by Gasteiger charge is -2.32. The van der Waals surface area contributed by atoms with E-state index in [4.69, 9.17) is 0 Å². The van der Waals surface area contributed by atoms with Gasteiger partial charge in [0, 0.05) is 18.6 Å². The van der Waals surface area contributed by atoms with Crippen molar-refractivity contribution in [3.63, 3.8) is 0 Å². The van der Waals surface area contributed by atoms with Gasteiger partial charge in [-0.25, -0.2) is 0 Å². The number of hydrogen-bond donors (Lipinski definition) is 2. The molecule has 1 aliphatic rings. The molecule has 9 rings (SSSR count). The van der Waals surface area contributed by atoms with Crippen LogP contribution in [0, 0.1) is 0 Å². The summed E-state index contributed by atoms with van der Waals surface area (Å²) in [6.07, 6.45) is 1.06. The van der Waals surface area contributed by atoms with Gasteiger partial charge >= 0.3 is 0 Å². The van der Waals surface area contributed by atoms with Gasteiger partial charge in [-0.3, -0.25) is 0 Å². The first kappa shape index (κ1) is 31.2. The molecule has 8 aromatic rings. The van der Waals surface area contributed by atoms with E-state index in [-0.39, 0.29) is 13.2 Å². The third-order valence-corrected chi connectivity index (χ3v) is 11.1. The minimum Gasteiger partial charge on any atom is -0.396 e. The van der Waals surface area contributed by atoms with Crippen molar-refractivity contribution in [1.82, 2.24) is 0 Å². The molecule has 0 unspecified atom stereocenters. The van der Waals surface area contributed by atoms with Gasteiger partial charge in [0.1, 0.15) is 0 Å². The summed E-state index contributed by atoms with van der Waals surface area (Å²) in [6, 6.07) is 61.1. The lowest BCUT2D eigenvalue weighted by molar-refractivity contribution is 0.213. The van der Waals surface area contributed by atoms with Crippen LogP contribution in [-0.2, 0) is 5.41 Å². The van der Waals surface area contributed by atoms with E-state index < -0.39 is 5.41 Å². The molecule has 0 aliphatic heterocycles. The minimum absolute atomic E-state index is 0.0245. The van der Waals surface area contributed by atoms with Crippen LogP contribution in [0.2, 0.25) is 0 Å². The second kappa shape index (κ2) is 12.8. The van der Waals surface area contributed by atoms with Crippen molar-refractivity contribution in [3.05, 3.63) is 181 Å². The smallest absolute Gasteiger partial charge is 0.0442 e. The van der Waals surface area contributed by atoms with Crippen LogP contribution in [0.3, 0.4) is 0 Å². The third-order valence-electron chi connectivity index (χ3n) is 11.1. The van der Waals surface area contributed by atoms with Crippen molar-refractivity contribution in [2.75, 3.05) is 13.2 Å². The Morgan fingerprint density at radius 3 is 0.980 bits per heavy atom. The molecule has 8 aromatic carbocycles. The van der Waals surface area contributed by atoms with Gasteiger partial charge < -0.3 is 10.2 Å². The fourth-order valence-electron chi connectivity index (χ4n) is 8.72. The molecule has 0 heterocycles. The average molecular weight is 659 g/mol. The highest BCUT2D eigenvalue weighted by atomic mass is 16.3. The lowest BCUT2D eigenvalue weighted by Crippen LogP contribution is -2.28. The quantitative estimate of drug-likeness (QED) is 0.171. The zero-order chi connectivity index (χ0) is 34.4. The van der Waals surface area contributed by atoms with Gasteiger partial charge in [0.25, 0.3) is 0 Å². The maximum atomic E-state index is 10.6. The van der Waals surface area contributed by atoms with E-state index in [1.54, 1.807) is 0 Å². The number of benzene rings is 8. The normalized spacial score (nSPS) is 13.0. The standard InChI is InChI=1S/C49H38O2/c50-29-27-49(28-30-51)47-31-35(39-25-23-37(33-11-3-1-4-12-33)41-15-7-9-17-43(39)41)19-21-45(47)46-22-20-36(32-48(46)49)40-26-24-38(34-13-5-2-6-14-34)42-16-8-10-18-44(40)42/h1-26,31-32,50-51H,27-30H2. The van der Waals surface area contributed by atoms with Gasteiger partial charge in [-0.15, -0.1) is 0 Å². The topological polar surface area (TPSA) is 40.5 Å². The molecule has 0 aromatic heterocycles. The molecule has 0 atom stereocenters. The summed E-state index contributed by atoms with van der Waals surface area (Å²) in [5.74, 6) is 0. The van der Waals surface area contributed by atoms with E-state index >= 15 is 0 Å². The molecular weight excluding hydrogens is 621 g/mol. The molecule has 0 amide bonds. The molecule has 51 heavy (non-hydrogen) atoms. The molecular formula is C49H38O2. The van der Waals surface area contributed by atoms with Gasteiger partial charge in [-0.1, -0.05) is 158 Å². The van der Waals surface area contributed by atoms with Gasteiger partial charge in [-0.05, 0) is 113 Å². The second-order valence-corrected chi connectivity index (χ2v) is 13.7. The fourth-order valence-corrected chi connectivity index (χ4v) is 8.72. The SMILES string of the molecule is OCCC1(CCO)c2cc(-c3ccc(-c4ccccc4)c4ccccc34)ccc2-c2ccc(-c3ccc(-c4ccccc4)c4ccccc34)cc21. The number of rotatable bonds is 8. The summed E-state index contributed by atoms with van der Waals surface area (Å²) in [6.45, 7) is 0.0491. The Bertz CT molecular complexity index is 2370. The zero-order valence-corrected chi connectivity index (χ0v) is 28.4. The zero-order valence-electron chi connectivity index (χ0n) is 28.4. The summed E-state index contributed by atoms with van der Waals surface area (Å²) < 4.78 is 0. The van der Waals surface area contributed by atoms with E-state index in [2.05, 4.69) is 170 Å². The predicted octanol–water partition coefficient (Wildman–Crippen LogP) is 11.7. The van der Waals surface area contributed by atoms with E-state index in [1.165, 1.54) is 77.2 Å². The largest absolute Gasteiger partial charge is 0.396 e. The maximum absolute atomic E-state index is 10.6. The summed E-state index contributed by atoms with van der Waals surface area (Å²) in [4.78, 5) is 0. The van der Waals surface area contributed by atoms with Crippen LogP contribution >= 0.6 is 0 Å². The van der Waals surface area contributed by atoms with Gasteiger partial charge in [0.2, 0.25) is 0 Å². The molecule has 2 heteroatoms. The lowest BCUT2D eigenvalue weighted by atomic mass is 9.72. The fraction of sp³-hybridized carbons (Fsp3) is 0.102.